The number of benzene rings is 2. The first-order chi connectivity index (χ1) is 11.0. The third-order valence-electron chi connectivity index (χ3n) is 3.96. The van der Waals surface area contributed by atoms with Gasteiger partial charge in [-0.2, -0.15) is 0 Å². The van der Waals surface area contributed by atoms with Crippen LogP contribution in [0.3, 0.4) is 0 Å². The van der Waals surface area contributed by atoms with Crippen molar-refractivity contribution in [2.45, 2.75) is 13.3 Å². The lowest BCUT2D eigenvalue weighted by Gasteiger charge is -2.04. The maximum absolute atomic E-state index is 13.6. The zero-order valence-electron chi connectivity index (χ0n) is 12.4. The summed E-state index contributed by atoms with van der Waals surface area (Å²) in [5, 5.41) is 9.78. The van der Waals surface area contributed by atoms with Crippen molar-refractivity contribution in [1.82, 2.24) is 0 Å². The van der Waals surface area contributed by atoms with E-state index in [9.17, 15) is 9.18 Å². The third-order valence-corrected chi connectivity index (χ3v) is 4.21. The van der Waals surface area contributed by atoms with Gasteiger partial charge in [0, 0.05) is 5.02 Å². The average molecular weight is 329 g/mol. The summed E-state index contributed by atoms with van der Waals surface area (Å²) in [6, 6.07) is 11.9. The molecule has 0 heterocycles. The average Bonchev–Trinajstić information content (AvgIpc) is 2.74. The van der Waals surface area contributed by atoms with Gasteiger partial charge in [0.25, 0.3) is 0 Å². The topological polar surface area (TPSA) is 37.3 Å². The number of hydrogen-bond acceptors (Lipinski definition) is 1. The monoisotopic (exact) mass is 328 g/mol. The fraction of sp³-hybridized carbons (Fsp3) is 0.105. The minimum Gasteiger partial charge on any atom is -0.481 e. The summed E-state index contributed by atoms with van der Waals surface area (Å²) in [6.07, 6.45) is 1.84. The second-order valence-corrected chi connectivity index (χ2v) is 5.91. The summed E-state index contributed by atoms with van der Waals surface area (Å²) < 4.78 is 13.6. The number of carboxylic acid groups (broad SMARTS) is 1. The number of fused-ring (bicyclic) bond motifs is 1. The van der Waals surface area contributed by atoms with Gasteiger partial charge in [-0.15, -0.1) is 0 Å². The van der Waals surface area contributed by atoms with Crippen LogP contribution in [0.4, 0.5) is 4.39 Å². The quantitative estimate of drug-likeness (QED) is 0.832. The Morgan fingerprint density at radius 1 is 1.17 bits per heavy atom. The van der Waals surface area contributed by atoms with Crippen LogP contribution in [0.2, 0.25) is 5.02 Å². The molecule has 2 nitrogen and oxygen atoms in total. The smallest absolute Gasteiger partial charge is 0.307 e. The molecule has 1 aliphatic carbocycles. The van der Waals surface area contributed by atoms with Crippen molar-refractivity contribution in [3.05, 3.63) is 75.6 Å². The molecule has 0 saturated heterocycles. The van der Waals surface area contributed by atoms with Crippen LogP contribution in [0.15, 0.2) is 48.0 Å². The van der Waals surface area contributed by atoms with Crippen LogP contribution in [-0.2, 0) is 4.79 Å². The minimum atomic E-state index is -0.928. The van der Waals surface area contributed by atoms with E-state index in [1.165, 1.54) is 12.1 Å². The second kappa shape index (κ2) is 6.01. The molecular weight excluding hydrogens is 315 g/mol. The molecule has 0 fully saturated rings. The van der Waals surface area contributed by atoms with Gasteiger partial charge in [-0.05, 0) is 70.7 Å². The molecule has 0 unspecified atom stereocenters. The normalized spacial score (nSPS) is 15.2. The summed E-state index contributed by atoms with van der Waals surface area (Å²) >= 11 is 5.90. The zero-order chi connectivity index (χ0) is 16.6. The molecule has 0 radical (unpaired) electrons. The molecule has 3 rings (SSSR count). The van der Waals surface area contributed by atoms with E-state index in [0.29, 0.717) is 16.2 Å². The van der Waals surface area contributed by atoms with Crippen LogP contribution in [0, 0.1) is 5.82 Å². The molecule has 1 N–H and O–H groups in total. The van der Waals surface area contributed by atoms with E-state index in [0.717, 1.165) is 22.3 Å². The largest absolute Gasteiger partial charge is 0.481 e. The first-order valence-corrected chi connectivity index (χ1v) is 7.53. The molecule has 0 bridgehead atoms. The molecule has 0 atom stereocenters. The lowest BCUT2D eigenvalue weighted by Crippen LogP contribution is -1.97. The van der Waals surface area contributed by atoms with E-state index in [1.807, 2.05) is 25.1 Å². The molecule has 2 aromatic carbocycles. The Morgan fingerprint density at radius 2 is 1.87 bits per heavy atom. The van der Waals surface area contributed by atoms with Crippen molar-refractivity contribution < 1.29 is 14.3 Å². The van der Waals surface area contributed by atoms with Gasteiger partial charge in [-0.3, -0.25) is 4.79 Å². The lowest BCUT2D eigenvalue weighted by atomic mass is 10.0. The number of halogens is 2. The molecule has 0 spiro atoms. The van der Waals surface area contributed by atoms with Crippen molar-refractivity contribution in [3.63, 3.8) is 0 Å². The highest BCUT2D eigenvalue weighted by molar-refractivity contribution is 6.30. The van der Waals surface area contributed by atoms with Crippen molar-refractivity contribution >= 4 is 34.8 Å². The standard InChI is InChI=1S/C19H14ClFO2/c1-11-16(8-12-2-4-13(20)5-3-12)15-7-6-14(21)9-18(15)17(11)10-19(22)23/h2-9H,10H2,1H3,(H,22,23)/b16-8+. The van der Waals surface area contributed by atoms with Crippen molar-refractivity contribution in [2.75, 3.05) is 0 Å². The minimum absolute atomic E-state index is 0.125. The Kier molecular flexibility index (Phi) is 4.05. The van der Waals surface area contributed by atoms with E-state index < -0.39 is 5.97 Å². The summed E-state index contributed by atoms with van der Waals surface area (Å²) in [4.78, 5) is 11.1. The first-order valence-electron chi connectivity index (χ1n) is 7.15. The van der Waals surface area contributed by atoms with Crippen LogP contribution in [0.1, 0.15) is 30.0 Å². The molecular formula is C19H14ClFO2. The van der Waals surface area contributed by atoms with Crippen LogP contribution < -0.4 is 0 Å². The van der Waals surface area contributed by atoms with Gasteiger partial charge >= 0.3 is 5.97 Å². The number of hydrogen-bond donors (Lipinski definition) is 1. The number of allylic oxidation sites excluding steroid dienone is 2. The van der Waals surface area contributed by atoms with Gasteiger partial charge in [0.1, 0.15) is 5.82 Å². The first kappa shape index (κ1) is 15.5. The SMILES string of the molecule is CC1=C(CC(=O)O)c2cc(F)ccc2/C1=C/c1ccc(Cl)cc1. The Hall–Kier alpha value is -2.39. The Bertz CT molecular complexity index is 848. The number of aliphatic carboxylic acids is 1. The van der Waals surface area contributed by atoms with Gasteiger partial charge in [0.15, 0.2) is 0 Å². The number of carboxylic acids is 1. The van der Waals surface area contributed by atoms with Crippen LogP contribution in [0.5, 0.6) is 0 Å². The van der Waals surface area contributed by atoms with Gasteiger partial charge in [-0.25, -0.2) is 4.39 Å². The summed E-state index contributed by atoms with van der Waals surface area (Å²) in [5.41, 5.74) is 4.91. The van der Waals surface area contributed by atoms with Gasteiger partial charge in [-0.1, -0.05) is 29.8 Å². The third kappa shape index (κ3) is 3.06. The maximum Gasteiger partial charge on any atom is 0.307 e. The summed E-state index contributed by atoms with van der Waals surface area (Å²) in [6.45, 7) is 1.87. The van der Waals surface area contributed by atoms with Crippen molar-refractivity contribution in [2.24, 2.45) is 0 Å². The highest BCUT2D eigenvalue weighted by Gasteiger charge is 2.25. The predicted octanol–water partition coefficient (Wildman–Crippen LogP) is 5.28. The molecule has 0 amide bonds. The van der Waals surface area contributed by atoms with Crippen LogP contribution in [-0.4, -0.2) is 11.1 Å². The predicted molar refractivity (Wildman–Crippen MR) is 90.6 cm³/mol. The Balaban J connectivity index is 2.15. The number of carbonyl (C=O) groups is 1. The fourth-order valence-electron chi connectivity index (χ4n) is 2.86. The Morgan fingerprint density at radius 3 is 2.52 bits per heavy atom. The van der Waals surface area contributed by atoms with Gasteiger partial charge < -0.3 is 5.11 Å². The molecule has 116 valence electrons. The number of rotatable bonds is 3. The van der Waals surface area contributed by atoms with E-state index >= 15 is 0 Å². The molecule has 0 saturated carbocycles. The molecule has 2 aromatic rings. The molecule has 23 heavy (non-hydrogen) atoms. The lowest BCUT2D eigenvalue weighted by molar-refractivity contribution is -0.135. The van der Waals surface area contributed by atoms with Crippen LogP contribution in [0.25, 0.3) is 17.2 Å². The van der Waals surface area contributed by atoms with E-state index in [4.69, 9.17) is 16.7 Å². The maximum atomic E-state index is 13.6. The summed E-state index contributed by atoms with van der Waals surface area (Å²) in [5.74, 6) is -1.30. The van der Waals surface area contributed by atoms with E-state index in [-0.39, 0.29) is 12.2 Å². The zero-order valence-corrected chi connectivity index (χ0v) is 13.2. The van der Waals surface area contributed by atoms with E-state index in [1.54, 1.807) is 18.2 Å². The highest BCUT2D eigenvalue weighted by Crippen LogP contribution is 2.43. The highest BCUT2D eigenvalue weighted by atomic mass is 35.5. The molecule has 0 aliphatic heterocycles. The second-order valence-electron chi connectivity index (χ2n) is 5.47. The molecule has 0 aromatic heterocycles. The Labute approximate surface area is 138 Å². The van der Waals surface area contributed by atoms with Crippen molar-refractivity contribution in [3.8, 4) is 0 Å². The van der Waals surface area contributed by atoms with E-state index in [2.05, 4.69) is 0 Å². The van der Waals surface area contributed by atoms with Gasteiger partial charge in [0.2, 0.25) is 0 Å². The fourth-order valence-corrected chi connectivity index (χ4v) is 2.98. The molecule has 1 aliphatic rings. The van der Waals surface area contributed by atoms with Gasteiger partial charge in [0.05, 0.1) is 6.42 Å². The van der Waals surface area contributed by atoms with Crippen LogP contribution >= 0.6 is 11.6 Å². The summed E-state index contributed by atoms with van der Waals surface area (Å²) in [7, 11) is 0. The molecule has 4 heteroatoms. The van der Waals surface area contributed by atoms with Crippen molar-refractivity contribution in [1.29, 1.82) is 0 Å².